The van der Waals surface area contributed by atoms with Crippen molar-refractivity contribution in [3.05, 3.63) is 41.7 Å². The Kier molecular flexibility index (Phi) is 6.08. The normalized spacial score (nSPS) is 14.1. The largest absolute Gasteiger partial charge is 0.398 e. The minimum absolute atomic E-state index is 0.264. The van der Waals surface area contributed by atoms with Gasteiger partial charge in [0, 0.05) is 18.0 Å². The molecule has 0 bridgehead atoms. The quantitative estimate of drug-likeness (QED) is 0.759. The van der Waals surface area contributed by atoms with E-state index in [9.17, 15) is 4.39 Å². The highest BCUT2D eigenvalue weighted by Crippen LogP contribution is 2.08. The molecule has 0 saturated carbocycles. The van der Waals surface area contributed by atoms with Crippen LogP contribution in [0.25, 0.3) is 5.70 Å². The van der Waals surface area contributed by atoms with Crippen LogP contribution in [0.3, 0.4) is 0 Å². The summed E-state index contributed by atoms with van der Waals surface area (Å²) in [6.07, 6.45) is 3.42. The topological polar surface area (TPSA) is 50.4 Å². The number of benzene rings is 1. The van der Waals surface area contributed by atoms with Gasteiger partial charge < -0.3 is 11.1 Å². The van der Waals surface area contributed by atoms with E-state index in [4.69, 9.17) is 5.73 Å². The zero-order valence-corrected chi connectivity index (χ0v) is 10.9. The molecule has 0 spiro atoms. The average Bonchev–Trinajstić information content (AvgIpc) is 2.35. The Morgan fingerprint density at radius 2 is 2.11 bits per heavy atom. The lowest BCUT2D eigenvalue weighted by molar-refractivity contribution is 0.578. The summed E-state index contributed by atoms with van der Waals surface area (Å²) < 4.78 is 12.7. The second kappa shape index (κ2) is 7.61. The van der Waals surface area contributed by atoms with Crippen molar-refractivity contribution < 1.29 is 4.39 Å². The van der Waals surface area contributed by atoms with E-state index in [1.54, 1.807) is 24.4 Å². The van der Waals surface area contributed by atoms with Gasteiger partial charge in [0.25, 0.3) is 0 Å². The lowest BCUT2D eigenvalue weighted by Crippen LogP contribution is -2.28. The van der Waals surface area contributed by atoms with Gasteiger partial charge in [-0.05, 0) is 37.2 Å². The van der Waals surface area contributed by atoms with Gasteiger partial charge in [0.1, 0.15) is 5.82 Å². The number of hydrogen-bond donors (Lipinski definition) is 2. The fraction of sp³-hybridized carbons (Fsp3) is 0.357. The monoisotopic (exact) mass is 249 g/mol. The molecule has 0 saturated heterocycles. The maximum absolute atomic E-state index is 12.7. The summed E-state index contributed by atoms with van der Waals surface area (Å²) in [5.74, 6) is -0.264. The first-order chi connectivity index (χ1) is 8.63. The van der Waals surface area contributed by atoms with E-state index >= 15 is 0 Å². The molecule has 0 amide bonds. The van der Waals surface area contributed by atoms with Crippen LogP contribution in [0, 0.1) is 5.82 Å². The number of aliphatic imine (C=N–C) groups is 1. The maximum Gasteiger partial charge on any atom is 0.123 e. The molecule has 0 radical (unpaired) electrons. The highest BCUT2D eigenvalue weighted by atomic mass is 19.1. The number of nitrogens with zero attached hydrogens (tertiary/aromatic N) is 1. The van der Waals surface area contributed by atoms with Crippen LogP contribution < -0.4 is 11.1 Å². The molecule has 1 rings (SSSR count). The molecule has 1 aromatic carbocycles. The number of likely N-dealkylation sites (N-methyl/N-ethyl adjacent to an activating group) is 1. The van der Waals surface area contributed by atoms with Crippen molar-refractivity contribution in [3.63, 3.8) is 0 Å². The van der Waals surface area contributed by atoms with E-state index in [1.165, 1.54) is 12.1 Å². The van der Waals surface area contributed by atoms with Crippen LogP contribution in [0.2, 0.25) is 0 Å². The second-order valence-corrected chi connectivity index (χ2v) is 4.10. The van der Waals surface area contributed by atoms with E-state index in [-0.39, 0.29) is 5.82 Å². The van der Waals surface area contributed by atoms with Gasteiger partial charge in [-0.2, -0.15) is 0 Å². The van der Waals surface area contributed by atoms with E-state index in [1.807, 2.05) is 0 Å². The Hall–Kier alpha value is -1.68. The molecule has 18 heavy (non-hydrogen) atoms. The van der Waals surface area contributed by atoms with Gasteiger partial charge in [0.05, 0.1) is 6.54 Å². The van der Waals surface area contributed by atoms with Crippen molar-refractivity contribution in [3.8, 4) is 0 Å². The molecular weight excluding hydrogens is 229 g/mol. The number of allylic oxidation sites excluding steroid dienone is 1. The Balaban J connectivity index is 2.51. The van der Waals surface area contributed by atoms with E-state index < -0.39 is 0 Å². The third-order valence-electron chi connectivity index (χ3n) is 2.47. The minimum Gasteiger partial charge on any atom is -0.398 e. The number of nitrogens with one attached hydrogen (secondary N) is 1. The van der Waals surface area contributed by atoms with Gasteiger partial charge in [-0.15, -0.1) is 0 Å². The molecule has 0 aliphatic rings. The van der Waals surface area contributed by atoms with E-state index in [2.05, 4.69) is 24.2 Å². The number of rotatable bonds is 6. The fourth-order valence-corrected chi connectivity index (χ4v) is 1.50. The van der Waals surface area contributed by atoms with Crippen molar-refractivity contribution in [1.82, 2.24) is 5.32 Å². The fourth-order valence-electron chi connectivity index (χ4n) is 1.50. The first-order valence-corrected chi connectivity index (χ1v) is 6.08. The average molecular weight is 249 g/mol. The summed E-state index contributed by atoms with van der Waals surface area (Å²) in [6.45, 7) is 5.78. The lowest BCUT2D eigenvalue weighted by atomic mass is 10.1. The molecule has 3 nitrogen and oxygen atoms in total. The Morgan fingerprint density at radius 1 is 1.44 bits per heavy atom. The number of nitrogens with two attached hydrogens (primary N) is 1. The van der Waals surface area contributed by atoms with Crippen LogP contribution in [0.4, 0.5) is 4.39 Å². The predicted molar refractivity (Wildman–Crippen MR) is 75.1 cm³/mol. The smallest absolute Gasteiger partial charge is 0.123 e. The summed E-state index contributed by atoms with van der Waals surface area (Å²) in [5, 5.41) is 3.26. The molecule has 4 heteroatoms. The lowest BCUT2D eigenvalue weighted by Gasteiger charge is -2.07. The van der Waals surface area contributed by atoms with Crippen molar-refractivity contribution >= 4 is 11.9 Å². The highest BCUT2D eigenvalue weighted by molar-refractivity contribution is 5.83. The standard InChI is InChI=1S/C14H20FN3/c1-3-18-11(2)10-17-9-8-14(16)12-4-6-13(15)7-5-12/h4-9,11,18H,3,10,16H2,1-2H3/b14-8-,17-9?/t11-/m1/s1. The Morgan fingerprint density at radius 3 is 2.72 bits per heavy atom. The van der Waals surface area contributed by atoms with Crippen LogP contribution in [-0.4, -0.2) is 25.3 Å². The SMILES string of the molecule is CCN[C@H](C)CN=C/C=C(\N)c1ccc(F)cc1. The van der Waals surface area contributed by atoms with E-state index in [0.717, 1.165) is 12.1 Å². The van der Waals surface area contributed by atoms with Crippen LogP contribution in [0.15, 0.2) is 35.3 Å². The summed E-state index contributed by atoms with van der Waals surface area (Å²) in [6, 6.07) is 6.43. The van der Waals surface area contributed by atoms with Crippen molar-refractivity contribution in [2.24, 2.45) is 10.7 Å². The van der Waals surface area contributed by atoms with Crippen molar-refractivity contribution in [2.75, 3.05) is 13.1 Å². The highest BCUT2D eigenvalue weighted by Gasteiger charge is 1.96. The Labute approximate surface area is 108 Å². The molecule has 0 heterocycles. The molecule has 0 fully saturated rings. The molecule has 1 aromatic rings. The predicted octanol–water partition coefficient (Wildman–Crippen LogP) is 2.19. The van der Waals surface area contributed by atoms with Gasteiger partial charge >= 0.3 is 0 Å². The van der Waals surface area contributed by atoms with Gasteiger partial charge in [-0.1, -0.05) is 19.1 Å². The van der Waals surface area contributed by atoms with Crippen LogP contribution in [-0.2, 0) is 0 Å². The summed E-state index contributed by atoms with van der Waals surface area (Å²) in [4.78, 5) is 4.25. The molecule has 0 aliphatic carbocycles. The van der Waals surface area contributed by atoms with Gasteiger partial charge in [-0.25, -0.2) is 4.39 Å². The van der Waals surface area contributed by atoms with Gasteiger partial charge in [-0.3, -0.25) is 4.99 Å². The summed E-state index contributed by atoms with van der Waals surface area (Å²) >= 11 is 0. The van der Waals surface area contributed by atoms with Crippen LogP contribution >= 0.6 is 0 Å². The third kappa shape index (κ3) is 5.10. The van der Waals surface area contributed by atoms with Crippen molar-refractivity contribution in [2.45, 2.75) is 19.9 Å². The molecule has 0 unspecified atom stereocenters. The zero-order chi connectivity index (χ0) is 13.4. The summed E-state index contributed by atoms with van der Waals surface area (Å²) in [7, 11) is 0. The van der Waals surface area contributed by atoms with E-state index in [0.29, 0.717) is 18.3 Å². The Bertz CT molecular complexity index is 410. The van der Waals surface area contributed by atoms with Crippen molar-refractivity contribution in [1.29, 1.82) is 0 Å². The van der Waals surface area contributed by atoms with Gasteiger partial charge in [0.2, 0.25) is 0 Å². The first-order valence-electron chi connectivity index (χ1n) is 6.08. The first kappa shape index (κ1) is 14.4. The third-order valence-corrected chi connectivity index (χ3v) is 2.47. The maximum atomic E-state index is 12.7. The molecule has 98 valence electrons. The number of halogens is 1. The molecule has 3 N–H and O–H groups in total. The summed E-state index contributed by atoms with van der Waals surface area (Å²) in [5.41, 5.74) is 7.23. The zero-order valence-electron chi connectivity index (χ0n) is 10.9. The van der Waals surface area contributed by atoms with Gasteiger partial charge in [0.15, 0.2) is 0 Å². The molecule has 0 aromatic heterocycles. The minimum atomic E-state index is -0.264. The van der Waals surface area contributed by atoms with Crippen LogP contribution in [0.5, 0.6) is 0 Å². The number of hydrogen-bond acceptors (Lipinski definition) is 3. The molecule has 0 aliphatic heterocycles. The molecular formula is C14H20FN3. The molecule has 1 atom stereocenters. The second-order valence-electron chi connectivity index (χ2n) is 4.10. The van der Waals surface area contributed by atoms with Crippen LogP contribution in [0.1, 0.15) is 19.4 Å².